The molecule has 0 aliphatic carbocycles. The van der Waals surface area contributed by atoms with Crippen LogP contribution < -0.4 is 11.1 Å². The molecule has 3 N–H and O–H groups in total. The van der Waals surface area contributed by atoms with E-state index >= 15 is 0 Å². The molecule has 9 heteroatoms. The van der Waals surface area contributed by atoms with Gasteiger partial charge in [0.05, 0.1) is 16.3 Å². The second-order valence-corrected chi connectivity index (χ2v) is 7.11. The van der Waals surface area contributed by atoms with Gasteiger partial charge in [0, 0.05) is 6.07 Å². The van der Waals surface area contributed by atoms with E-state index in [1.165, 1.54) is 11.3 Å². The molecule has 0 radical (unpaired) electrons. The third kappa shape index (κ3) is 3.46. The number of aromatic nitrogens is 2. The fourth-order valence-corrected chi connectivity index (χ4v) is 3.56. The van der Waals surface area contributed by atoms with E-state index in [-0.39, 0.29) is 5.69 Å². The Balaban J connectivity index is 1.74. The Labute approximate surface area is 144 Å². The summed E-state index contributed by atoms with van der Waals surface area (Å²) >= 11 is 2.51. The standard InChI is InChI=1S/C15H12F2N4OS2/c1-7(13(22)19-11-6-8(16)2-3-10(11)17)24-15-20-12(18)9-4-5-23-14(9)21-15/h2-7H,1H3,(H,19,22)(H2,18,20,21)/t7-/m1/s1. The van der Waals surface area contributed by atoms with E-state index in [1.54, 1.807) is 6.92 Å². The Kier molecular flexibility index (Phi) is 4.63. The Bertz CT molecular complexity index is 916. The number of thiophene rings is 1. The molecule has 3 rings (SSSR count). The van der Waals surface area contributed by atoms with Gasteiger partial charge in [-0.15, -0.1) is 11.3 Å². The smallest absolute Gasteiger partial charge is 0.237 e. The van der Waals surface area contributed by atoms with Crippen molar-refractivity contribution in [3.63, 3.8) is 0 Å². The van der Waals surface area contributed by atoms with Crippen molar-refractivity contribution in [2.75, 3.05) is 11.1 Å². The molecule has 0 spiro atoms. The minimum atomic E-state index is -0.706. The number of amides is 1. The molecule has 0 saturated heterocycles. The number of benzene rings is 1. The number of halogens is 2. The number of hydrogen-bond donors (Lipinski definition) is 2. The molecule has 0 saturated carbocycles. The number of nitrogens with two attached hydrogens (primary N) is 1. The number of anilines is 2. The van der Waals surface area contributed by atoms with Gasteiger partial charge in [-0.2, -0.15) is 0 Å². The molecule has 5 nitrogen and oxygen atoms in total. The average Bonchev–Trinajstić information content (AvgIpc) is 2.99. The highest BCUT2D eigenvalue weighted by atomic mass is 32.2. The van der Waals surface area contributed by atoms with E-state index in [9.17, 15) is 13.6 Å². The number of nitrogens with one attached hydrogen (secondary N) is 1. The zero-order chi connectivity index (χ0) is 17.3. The quantitative estimate of drug-likeness (QED) is 0.544. The Morgan fingerprint density at radius 1 is 1.33 bits per heavy atom. The van der Waals surface area contributed by atoms with Gasteiger partial charge in [-0.25, -0.2) is 18.7 Å². The highest BCUT2D eigenvalue weighted by Crippen LogP contribution is 2.28. The molecular weight excluding hydrogens is 354 g/mol. The second-order valence-electron chi connectivity index (χ2n) is 4.90. The predicted octanol–water partition coefficient (Wildman–Crippen LogP) is 3.67. The highest BCUT2D eigenvalue weighted by molar-refractivity contribution is 8.00. The molecular formula is C15H12F2N4OS2. The van der Waals surface area contributed by atoms with Crippen LogP contribution in [0.2, 0.25) is 0 Å². The number of fused-ring (bicyclic) bond motifs is 1. The summed E-state index contributed by atoms with van der Waals surface area (Å²) in [4.78, 5) is 21.4. The average molecular weight is 366 g/mol. The summed E-state index contributed by atoms with van der Waals surface area (Å²) < 4.78 is 26.7. The van der Waals surface area contributed by atoms with Gasteiger partial charge in [-0.1, -0.05) is 11.8 Å². The predicted molar refractivity (Wildman–Crippen MR) is 92.1 cm³/mol. The fourth-order valence-electron chi connectivity index (χ4n) is 1.95. The molecule has 3 aromatic rings. The summed E-state index contributed by atoms with van der Waals surface area (Å²) in [7, 11) is 0. The van der Waals surface area contributed by atoms with Crippen molar-refractivity contribution in [1.29, 1.82) is 0 Å². The summed E-state index contributed by atoms with van der Waals surface area (Å²) in [5.74, 6) is -1.49. The lowest BCUT2D eigenvalue weighted by Crippen LogP contribution is -2.23. The van der Waals surface area contributed by atoms with Gasteiger partial charge in [0.1, 0.15) is 22.3 Å². The molecule has 0 unspecified atom stereocenters. The van der Waals surface area contributed by atoms with Crippen LogP contribution >= 0.6 is 23.1 Å². The van der Waals surface area contributed by atoms with Crippen LogP contribution in [0, 0.1) is 11.6 Å². The summed E-state index contributed by atoms with van der Waals surface area (Å²) in [5.41, 5.74) is 5.66. The third-order valence-electron chi connectivity index (χ3n) is 3.17. The van der Waals surface area contributed by atoms with Crippen molar-refractivity contribution in [1.82, 2.24) is 9.97 Å². The second kappa shape index (κ2) is 6.70. The first-order chi connectivity index (χ1) is 11.4. The van der Waals surface area contributed by atoms with Gasteiger partial charge in [-0.3, -0.25) is 4.79 Å². The summed E-state index contributed by atoms with van der Waals surface area (Å²) in [6, 6.07) is 4.69. The maximum Gasteiger partial charge on any atom is 0.237 e. The molecule has 24 heavy (non-hydrogen) atoms. The maximum absolute atomic E-state index is 13.6. The number of rotatable bonds is 4. The van der Waals surface area contributed by atoms with Crippen LogP contribution in [0.25, 0.3) is 10.2 Å². The van der Waals surface area contributed by atoms with Gasteiger partial charge < -0.3 is 11.1 Å². The zero-order valence-corrected chi connectivity index (χ0v) is 14.0. The van der Waals surface area contributed by atoms with E-state index in [1.807, 2.05) is 11.4 Å². The third-order valence-corrected chi connectivity index (χ3v) is 4.94. The first-order valence-electron chi connectivity index (χ1n) is 6.87. The van der Waals surface area contributed by atoms with Gasteiger partial charge in [0.25, 0.3) is 0 Å². The van der Waals surface area contributed by atoms with Gasteiger partial charge >= 0.3 is 0 Å². The van der Waals surface area contributed by atoms with Crippen molar-refractivity contribution in [3.05, 3.63) is 41.3 Å². The molecule has 1 atom stereocenters. The van der Waals surface area contributed by atoms with Crippen LogP contribution in [0.5, 0.6) is 0 Å². The maximum atomic E-state index is 13.6. The lowest BCUT2D eigenvalue weighted by Gasteiger charge is -2.12. The van der Waals surface area contributed by atoms with Crippen LogP contribution in [0.4, 0.5) is 20.3 Å². The minimum Gasteiger partial charge on any atom is -0.383 e. The Hall–Kier alpha value is -2.26. The lowest BCUT2D eigenvalue weighted by atomic mass is 10.3. The van der Waals surface area contributed by atoms with Crippen LogP contribution in [-0.4, -0.2) is 21.1 Å². The number of carbonyl (C=O) groups excluding carboxylic acids is 1. The lowest BCUT2D eigenvalue weighted by molar-refractivity contribution is -0.115. The normalized spacial score (nSPS) is 12.3. The highest BCUT2D eigenvalue weighted by Gasteiger charge is 2.19. The van der Waals surface area contributed by atoms with E-state index in [0.29, 0.717) is 11.0 Å². The summed E-state index contributed by atoms with van der Waals surface area (Å²) in [6.07, 6.45) is 0. The molecule has 0 aliphatic rings. The van der Waals surface area contributed by atoms with Crippen molar-refractivity contribution >= 4 is 50.7 Å². The van der Waals surface area contributed by atoms with Gasteiger partial charge in [0.15, 0.2) is 5.16 Å². The molecule has 0 aliphatic heterocycles. The van der Waals surface area contributed by atoms with E-state index < -0.39 is 22.8 Å². The molecule has 0 bridgehead atoms. The van der Waals surface area contributed by atoms with Crippen molar-refractivity contribution in [3.8, 4) is 0 Å². The van der Waals surface area contributed by atoms with Crippen molar-refractivity contribution in [2.24, 2.45) is 0 Å². The van der Waals surface area contributed by atoms with Crippen LogP contribution in [0.3, 0.4) is 0 Å². The van der Waals surface area contributed by atoms with Gasteiger partial charge in [0.2, 0.25) is 5.91 Å². The Morgan fingerprint density at radius 3 is 2.92 bits per heavy atom. The van der Waals surface area contributed by atoms with Crippen LogP contribution in [-0.2, 0) is 4.79 Å². The minimum absolute atomic E-state index is 0.207. The fraction of sp³-hybridized carbons (Fsp3) is 0.133. The van der Waals surface area contributed by atoms with Crippen LogP contribution in [0.1, 0.15) is 6.92 Å². The summed E-state index contributed by atoms with van der Waals surface area (Å²) in [6.45, 7) is 1.62. The number of hydrogen-bond acceptors (Lipinski definition) is 6. The molecule has 0 fully saturated rings. The zero-order valence-electron chi connectivity index (χ0n) is 12.4. The first kappa shape index (κ1) is 16.6. The largest absolute Gasteiger partial charge is 0.383 e. The number of thioether (sulfide) groups is 1. The van der Waals surface area contributed by atoms with Crippen molar-refractivity contribution in [2.45, 2.75) is 17.3 Å². The van der Waals surface area contributed by atoms with E-state index in [0.717, 1.165) is 40.2 Å². The van der Waals surface area contributed by atoms with Gasteiger partial charge in [-0.05, 0) is 30.5 Å². The topological polar surface area (TPSA) is 80.9 Å². The molecule has 1 aromatic carbocycles. The summed E-state index contributed by atoms with van der Waals surface area (Å²) in [5, 5.41) is 4.71. The number of carbonyl (C=O) groups is 1. The first-order valence-corrected chi connectivity index (χ1v) is 8.63. The Morgan fingerprint density at radius 2 is 2.12 bits per heavy atom. The number of nitrogens with zero attached hydrogens (tertiary/aromatic N) is 2. The SMILES string of the molecule is C[C@@H](Sc1nc(N)c2ccsc2n1)C(=O)Nc1cc(F)ccc1F. The van der Waals surface area contributed by atoms with E-state index in [4.69, 9.17) is 5.73 Å². The molecule has 2 heterocycles. The van der Waals surface area contributed by atoms with E-state index in [2.05, 4.69) is 15.3 Å². The monoisotopic (exact) mass is 366 g/mol. The van der Waals surface area contributed by atoms with Crippen LogP contribution in [0.15, 0.2) is 34.8 Å². The molecule has 1 amide bonds. The molecule has 124 valence electrons. The number of nitrogen functional groups attached to an aromatic ring is 1. The molecule has 2 aromatic heterocycles. The van der Waals surface area contributed by atoms with Crippen molar-refractivity contribution < 1.29 is 13.6 Å².